The van der Waals surface area contributed by atoms with Crippen LogP contribution in [0.1, 0.15) is 110 Å². The molecule has 45 heavy (non-hydrogen) atoms. The highest BCUT2D eigenvalue weighted by molar-refractivity contribution is 5.84. The molecule has 4 rings (SSSR count). The van der Waals surface area contributed by atoms with Gasteiger partial charge in [-0.3, -0.25) is 5.32 Å². The normalized spacial score (nSPS) is 26.2. The molecule has 3 heterocycles. The van der Waals surface area contributed by atoms with Crippen molar-refractivity contribution in [2.24, 2.45) is 0 Å². The summed E-state index contributed by atoms with van der Waals surface area (Å²) in [7, 11) is 0. The van der Waals surface area contributed by atoms with Gasteiger partial charge >= 0.3 is 6.09 Å². The second-order valence-corrected chi connectivity index (χ2v) is 13.7. The van der Waals surface area contributed by atoms with Crippen LogP contribution in [0.3, 0.4) is 0 Å². The molecule has 3 saturated heterocycles. The Bertz CT molecular complexity index is 986. The zero-order chi connectivity index (χ0) is 32.0. The van der Waals surface area contributed by atoms with E-state index in [1.54, 1.807) is 0 Å². The fourth-order valence-corrected chi connectivity index (χ4v) is 6.74. The SMILES string of the molecule is CCCCCCCCCCCCOC[C@@]12O[C@@H](CNCCN3CCCCC3)[C@@H](OC(=O)Nc3ccc(C)cc3)[C@@H]1OC(C)(C)O2. The Morgan fingerprint density at radius 2 is 1.60 bits per heavy atom. The van der Waals surface area contributed by atoms with Gasteiger partial charge in [0.2, 0.25) is 5.79 Å². The van der Waals surface area contributed by atoms with Crippen LogP contribution in [0.5, 0.6) is 0 Å². The van der Waals surface area contributed by atoms with Crippen LogP contribution < -0.4 is 10.6 Å². The van der Waals surface area contributed by atoms with E-state index in [1.165, 1.54) is 70.6 Å². The molecule has 256 valence electrons. The summed E-state index contributed by atoms with van der Waals surface area (Å²) >= 11 is 0. The zero-order valence-electron chi connectivity index (χ0n) is 28.6. The predicted molar refractivity (Wildman–Crippen MR) is 179 cm³/mol. The number of carbonyl (C=O) groups is 1. The maximum atomic E-state index is 13.1. The van der Waals surface area contributed by atoms with Gasteiger partial charge in [0.1, 0.15) is 12.7 Å². The number of benzene rings is 1. The number of fused-ring (bicyclic) bond motifs is 1. The number of ether oxygens (including phenoxy) is 5. The Kier molecular flexibility index (Phi) is 14.9. The first-order valence-electron chi connectivity index (χ1n) is 17.9. The first-order valence-corrected chi connectivity index (χ1v) is 17.9. The Morgan fingerprint density at radius 3 is 2.29 bits per heavy atom. The number of hydrogen-bond acceptors (Lipinski definition) is 8. The maximum absolute atomic E-state index is 13.1. The van der Waals surface area contributed by atoms with Gasteiger partial charge in [-0.2, -0.15) is 0 Å². The Morgan fingerprint density at radius 1 is 0.933 bits per heavy atom. The number of amides is 1. The number of hydrogen-bond donors (Lipinski definition) is 2. The van der Waals surface area contributed by atoms with Crippen molar-refractivity contribution < 1.29 is 28.5 Å². The minimum atomic E-state index is -1.14. The molecule has 0 aliphatic carbocycles. The molecule has 0 spiro atoms. The van der Waals surface area contributed by atoms with Gasteiger partial charge < -0.3 is 33.9 Å². The van der Waals surface area contributed by atoms with Gasteiger partial charge in [0, 0.05) is 31.9 Å². The van der Waals surface area contributed by atoms with Crippen molar-refractivity contribution in [2.75, 3.05) is 51.3 Å². The summed E-state index contributed by atoms with van der Waals surface area (Å²) in [6, 6.07) is 7.64. The van der Waals surface area contributed by atoms with Gasteiger partial charge in [0.25, 0.3) is 0 Å². The van der Waals surface area contributed by atoms with Crippen LogP contribution in [0.4, 0.5) is 10.5 Å². The molecule has 9 nitrogen and oxygen atoms in total. The van der Waals surface area contributed by atoms with E-state index in [1.807, 2.05) is 45.0 Å². The van der Waals surface area contributed by atoms with Crippen LogP contribution in [-0.2, 0) is 23.7 Å². The van der Waals surface area contributed by atoms with E-state index in [2.05, 4.69) is 22.5 Å². The number of piperidine rings is 1. The van der Waals surface area contributed by atoms with Crippen LogP contribution in [0.25, 0.3) is 0 Å². The third-order valence-electron chi connectivity index (χ3n) is 9.16. The van der Waals surface area contributed by atoms with Crippen molar-refractivity contribution in [1.29, 1.82) is 0 Å². The average Bonchev–Trinajstić information content (AvgIpc) is 3.43. The lowest BCUT2D eigenvalue weighted by atomic mass is 10.1. The smallest absolute Gasteiger partial charge is 0.412 e. The summed E-state index contributed by atoms with van der Waals surface area (Å²) in [5, 5.41) is 6.41. The second kappa shape index (κ2) is 18.6. The number of unbranched alkanes of at least 4 members (excludes halogenated alkanes) is 9. The van der Waals surface area contributed by atoms with Crippen molar-refractivity contribution in [2.45, 2.75) is 141 Å². The topological polar surface area (TPSA) is 90.5 Å². The lowest BCUT2D eigenvalue weighted by molar-refractivity contribution is -0.277. The van der Waals surface area contributed by atoms with Gasteiger partial charge in [0.05, 0.1) is 0 Å². The van der Waals surface area contributed by atoms with Crippen molar-refractivity contribution in [3.63, 3.8) is 0 Å². The van der Waals surface area contributed by atoms with E-state index in [4.69, 9.17) is 23.7 Å². The molecular weight excluding hydrogens is 570 g/mol. The van der Waals surface area contributed by atoms with Crippen LogP contribution in [-0.4, -0.2) is 86.8 Å². The molecule has 3 aliphatic rings. The molecule has 1 aromatic rings. The largest absolute Gasteiger partial charge is 0.440 e. The molecule has 1 aromatic carbocycles. The van der Waals surface area contributed by atoms with Gasteiger partial charge in [-0.15, -0.1) is 0 Å². The molecule has 0 aromatic heterocycles. The quantitative estimate of drug-likeness (QED) is 0.146. The van der Waals surface area contributed by atoms with E-state index in [-0.39, 0.29) is 6.61 Å². The number of rotatable bonds is 20. The molecule has 2 N–H and O–H groups in total. The van der Waals surface area contributed by atoms with Gasteiger partial charge in [0.15, 0.2) is 18.0 Å². The minimum absolute atomic E-state index is 0.224. The van der Waals surface area contributed by atoms with Crippen LogP contribution in [0, 0.1) is 6.92 Å². The average molecular weight is 632 g/mol. The van der Waals surface area contributed by atoms with Crippen molar-refractivity contribution in [3.05, 3.63) is 29.8 Å². The Labute approximate surface area is 272 Å². The third kappa shape index (κ3) is 11.8. The number of carbonyl (C=O) groups excluding carboxylic acids is 1. The third-order valence-corrected chi connectivity index (χ3v) is 9.16. The van der Waals surface area contributed by atoms with Gasteiger partial charge in [-0.25, -0.2) is 4.79 Å². The van der Waals surface area contributed by atoms with E-state index in [0.717, 1.165) is 44.6 Å². The van der Waals surface area contributed by atoms with Gasteiger partial charge in [-0.05, 0) is 65.3 Å². The molecule has 0 unspecified atom stereocenters. The fourth-order valence-electron chi connectivity index (χ4n) is 6.74. The number of aryl methyl sites for hydroxylation is 1. The van der Waals surface area contributed by atoms with Crippen molar-refractivity contribution in [1.82, 2.24) is 10.2 Å². The fraction of sp³-hybridized carbons (Fsp3) is 0.806. The molecule has 9 heteroatoms. The first kappa shape index (κ1) is 36.1. The van der Waals surface area contributed by atoms with E-state index >= 15 is 0 Å². The van der Waals surface area contributed by atoms with Crippen molar-refractivity contribution in [3.8, 4) is 0 Å². The number of likely N-dealkylation sites (tertiary alicyclic amines) is 1. The number of nitrogens with one attached hydrogen (secondary N) is 2. The first-order chi connectivity index (χ1) is 21.8. The van der Waals surface area contributed by atoms with Crippen LogP contribution >= 0.6 is 0 Å². The lowest BCUT2D eigenvalue weighted by Crippen LogP contribution is -2.46. The molecule has 0 saturated carbocycles. The summed E-state index contributed by atoms with van der Waals surface area (Å²) in [6.07, 6.45) is 14.4. The summed E-state index contributed by atoms with van der Waals surface area (Å²) in [6.45, 7) is 13.5. The number of nitrogens with zero attached hydrogens (tertiary/aromatic N) is 1. The van der Waals surface area contributed by atoms with Crippen LogP contribution in [0.2, 0.25) is 0 Å². The second-order valence-electron chi connectivity index (χ2n) is 13.7. The predicted octanol–water partition coefficient (Wildman–Crippen LogP) is 7.17. The Balaban J connectivity index is 1.29. The minimum Gasteiger partial charge on any atom is -0.440 e. The molecular formula is C36H61N3O6. The molecule has 0 radical (unpaired) electrons. The summed E-state index contributed by atoms with van der Waals surface area (Å²) in [5.41, 5.74) is 1.80. The molecule has 3 aliphatic heterocycles. The standard InChI is InChI=1S/C36H61N3O6/c1-5-6-7-8-9-10-11-12-13-17-26-41-28-36-33(44-35(3,4)45-36)32(42-34(40)38-30-20-18-29(2)19-21-30)31(43-36)27-37-22-25-39-23-15-14-16-24-39/h18-21,31-33,37H,5-17,22-28H2,1-4H3,(H,38,40)/t31-,32+,33-,36-/m0/s1. The zero-order valence-corrected chi connectivity index (χ0v) is 28.6. The van der Waals surface area contributed by atoms with E-state index < -0.39 is 36.0 Å². The van der Waals surface area contributed by atoms with Crippen LogP contribution in [0.15, 0.2) is 24.3 Å². The number of anilines is 1. The van der Waals surface area contributed by atoms with Crippen molar-refractivity contribution >= 4 is 11.8 Å². The Hall–Kier alpha value is -1.75. The molecule has 1 amide bonds. The van der Waals surface area contributed by atoms with E-state index in [0.29, 0.717) is 18.8 Å². The summed E-state index contributed by atoms with van der Waals surface area (Å²) in [4.78, 5) is 15.6. The summed E-state index contributed by atoms with van der Waals surface area (Å²) in [5.74, 6) is -2.04. The molecule has 4 atom stereocenters. The molecule has 0 bridgehead atoms. The monoisotopic (exact) mass is 631 g/mol. The maximum Gasteiger partial charge on any atom is 0.412 e. The van der Waals surface area contributed by atoms with E-state index in [9.17, 15) is 4.79 Å². The highest BCUT2D eigenvalue weighted by Gasteiger charge is 2.66. The molecule has 3 fully saturated rings. The van der Waals surface area contributed by atoms with Gasteiger partial charge in [-0.1, -0.05) is 88.8 Å². The highest BCUT2D eigenvalue weighted by atomic mass is 16.9. The lowest BCUT2D eigenvalue weighted by Gasteiger charge is -2.29. The summed E-state index contributed by atoms with van der Waals surface area (Å²) < 4.78 is 31.7. The highest BCUT2D eigenvalue weighted by Crippen LogP contribution is 2.46.